The van der Waals surface area contributed by atoms with Crippen molar-refractivity contribution >= 4 is 34.3 Å². The molecule has 4 N–H and O–H groups in total. The molecule has 0 saturated heterocycles. The fourth-order valence-electron chi connectivity index (χ4n) is 3.85. The van der Waals surface area contributed by atoms with E-state index in [9.17, 15) is 14.0 Å². The van der Waals surface area contributed by atoms with Crippen molar-refractivity contribution in [2.24, 2.45) is 12.5 Å². The lowest BCUT2D eigenvalue weighted by Crippen LogP contribution is -2.21. The van der Waals surface area contributed by atoms with Crippen molar-refractivity contribution in [3.63, 3.8) is 0 Å². The van der Waals surface area contributed by atoms with E-state index in [1.807, 2.05) is 0 Å². The van der Waals surface area contributed by atoms with Gasteiger partial charge in [0.05, 0.1) is 11.2 Å². The third-order valence-corrected chi connectivity index (χ3v) is 5.48. The van der Waals surface area contributed by atoms with Gasteiger partial charge in [-0.25, -0.2) is 14.2 Å². The zero-order valence-corrected chi connectivity index (χ0v) is 20.3. The van der Waals surface area contributed by atoms with Crippen LogP contribution in [-0.2, 0) is 13.5 Å². The van der Waals surface area contributed by atoms with Crippen molar-refractivity contribution in [2.75, 3.05) is 23.0 Å². The lowest BCUT2D eigenvalue weighted by Gasteiger charge is -2.15. The number of urea groups is 1. The topological polar surface area (TPSA) is 117 Å². The summed E-state index contributed by atoms with van der Waals surface area (Å²) in [6, 6.07) is 8.74. The van der Waals surface area contributed by atoms with Crippen LogP contribution in [0.5, 0.6) is 0 Å². The highest BCUT2D eigenvalue weighted by Gasteiger charge is 2.16. The van der Waals surface area contributed by atoms with Crippen molar-refractivity contribution in [3.05, 3.63) is 64.5 Å². The number of nitrogens with zero attached hydrogens (tertiary/aromatic N) is 3. The standard InChI is InChI=1S/C25H28FN7O2/c1-25(2,3)12-16-10-22(32-31-16)30-24(35)29-19-9-14(6-7-18(19)26)17-8-15-13-28-21(27-4)11-20(15)33(5)23(17)34/h6-11,13H,12H2,1-5H3,(H,27,28)(H3,29,30,31,32,35). The third-order valence-electron chi connectivity index (χ3n) is 5.48. The molecule has 0 aliphatic rings. The maximum absolute atomic E-state index is 14.5. The molecule has 35 heavy (non-hydrogen) atoms. The van der Waals surface area contributed by atoms with E-state index in [0.717, 1.165) is 17.5 Å². The van der Waals surface area contributed by atoms with Gasteiger partial charge in [-0.1, -0.05) is 26.8 Å². The molecule has 3 aromatic heterocycles. The van der Waals surface area contributed by atoms with Crippen LogP contribution < -0.4 is 21.5 Å². The van der Waals surface area contributed by atoms with E-state index in [4.69, 9.17) is 0 Å². The number of halogens is 1. The van der Waals surface area contributed by atoms with Crippen molar-refractivity contribution < 1.29 is 9.18 Å². The second kappa shape index (κ2) is 9.21. The number of nitrogens with one attached hydrogen (secondary N) is 4. The maximum atomic E-state index is 14.5. The number of hydrogen-bond donors (Lipinski definition) is 4. The number of carbonyl (C=O) groups excluding carboxylic acids is 1. The molecule has 0 fully saturated rings. The first-order valence-electron chi connectivity index (χ1n) is 11.1. The van der Waals surface area contributed by atoms with Gasteiger partial charge in [0.2, 0.25) is 0 Å². The van der Waals surface area contributed by atoms with Crippen LogP contribution in [0.2, 0.25) is 0 Å². The summed E-state index contributed by atoms with van der Waals surface area (Å²) in [4.78, 5) is 29.9. The summed E-state index contributed by atoms with van der Waals surface area (Å²) >= 11 is 0. The Kier molecular flexibility index (Phi) is 6.29. The molecule has 0 spiro atoms. The Balaban J connectivity index is 1.59. The van der Waals surface area contributed by atoms with Crippen molar-refractivity contribution in [2.45, 2.75) is 27.2 Å². The largest absolute Gasteiger partial charge is 0.373 e. The predicted octanol–water partition coefficient (Wildman–Crippen LogP) is 4.74. The predicted molar refractivity (Wildman–Crippen MR) is 136 cm³/mol. The number of amides is 2. The van der Waals surface area contributed by atoms with E-state index >= 15 is 0 Å². The Labute approximate surface area is 201 Å². The molecule has 1 aromatic carbocycles. The molecule has 0 bridgehead atoms. The number of rotatable bonds is 5. The second-order valence-electron chi connectivity index (χ2n) is 9.59. The quantitative estimate of drug-likeness (QED) is 0.331. The molecule has 0 aliphatic heterocycles. The fraction of sp³-hybridized carbons (Fsp3) is 0.280. The van der Waals surface area contributed by atoms with Gasteiger partial charge in [0.15, 0.2) is 5.82 Å². The number of anilines is 3. The minimum absolute atomic E-state index is 0.0562. The smallest absolute Gasteiger partial charge is 0.324 e. The van der Waals surface area contributed by atoms with Crippen molar-refractivity contribution in [1.29, 1.82) is 0 Å². The third kappa shape index (κ3) is 5.32. The number of aromatic nitrogens is 4. The summed E-state index contributed by atoms with van der Waals surface area (Å²) in [6.45, 7) is 6.30. The number of aryl methyl sites for hydroxylation is 1. The monoisotopic (exact) mass is 477 g/mol. The summed E-state index contributed by atoms with van der Waals surface area (Å²) < 4.78 is 16.0. The first-order valence-corrected chi connectivity index (χ1v) is 11.1. The van der Waals surface area contributed by atoms with E-state index in [-0.39, 0.29) is 16.7 Å². The van der Waals surface area contributed by atoms with Gasteiger partial charge < -0.3 is 15.2 Å². The summed E-state index contributed by atoms with van der Waals surface area (Å²) in [6.07, 6.45) is 2.42. The van der Waals surface area contributed by atoms with E-state index < -0.39 is 11.8 Å². The van der Waals surface area contributed by atoms with Crippen molar-refractivity contribution in [1.82, 2.24) is 19.7 Å². The lowest BCUT2D eigenvalue weighted by atomic mass is 9.91. The van der Waals surface area contributed by atoms with Gasteiger partial charge >= 0.3 is 6.03 Å². The van der Waals surface area contributed by atoms with Crippen LogP contribution in [0.4, 0.5) is 26.5 Å². The normalized spacial score (nSPS) is 11.5. The van der Waals surface area contributed by atoms with Crippen LogP contribution in [0.1, 0.15) is 26.5 Å². The first kappa shape index (κ1) is 23.9. The van der Waals surface area contributed by atoms with Crippen LogP contribution in [0.25, 0.3) is 22.0 Å². The van der Waals surface area contributed by atoms with Gasteiger partial charge in [0, 0.05) is 49.1 Å². The molecule has 0 saturated carbocycles. The molecule has 0 aliphatic carbocycles. The number of benzene rings is 1. The van der Waals surface area contributed by atoms with Crippen molar-refractivity contribution in [3.8, 4) is 11.1 Å². The lowest BCUT2D eigenvalue weighted by molar-refractivity contribution is 0.262. The number of carbonyl (C=O) groups is 1. The molecule has 10 heteroatoms. The van der Waals surface area contributed by atoms with Gasteiger partial charge in [-0.3, -0.25) is 15.2 Å². The molecule has 4 rings (SSSR count). The van der Waals surface area contributed by atoms with E-state index in [1.165, 1.54) is 22.8 Å². The average molecular weight is 478 g/mol. The molecular weight excluding hydrogens is 449 g/mol. The molecule has 182 valence electrons. The second-order valence-corrected chi connectivity index (χ2v) is 9.59. The molecule has 2 amide bonds. The Hall–Kier alpha value is -4.21. The van der Waals surface area contributed by atoms with Gasteiger partial charge in [-0.05, 0) is 35.6 Å². The van der Waals surface area contributed by atoms with E-state index in [0.29, 0.717) is 28.3 Å². The van der Waals surface area contributed by atoms with Crippen LogP contribution in [0.3, 0.4) is 0 Å². The Bertz CT molecular complexity index is 1470. The molecule has 4 aromatic rings. The highest BCUT2D eigenvalue weighted by Crippen LogP contribution is 2.26. The highest BCUT2D eigenvalue weighted by atomic mass is 19.1. The molecule has 9 nitrogen and oxygen atoms in total. The van der Waals surface area contributed by atoms with Gasteiger partial charge in [-0.15, -0.1) is 0 Å². The van der Waals surface area contributed by atoms with Crippen LogP contribution >= 0.6 is 0 Å². The Morgan fingerprint density at radius 3 is 2.60 bits per heavy atom. The average Bonchev–Trinajstić information content (AvgIpc) is 3.22. The van der Waals surface area contributed by atoms with Gasteiger partial charge in [0.25, 0.3) is 5.56 Å². The first-order chi connectivity index (χ1) is 16.5. The number of fused-ring (bicyclic) bond motifs is 1. The molecule has 3 heterocycles. The number of H-pyrrole nitrogens is 1. The minimum atomic E-state index is -0.648. The molecular formula is C25H28FN7O2. The van der Waals surface area contributed by atoms with Gasteiger partial charge in [0.1, 0.15) is 11.6 Å². The highest BCUT2D eigenvalue weighted by molar-refractivity contribution is 5.99. The van der Waals surface area contributed by atoms with E-state index in [2.05, 4.69) is 51.9 Å². The number of aromatic amines is 1. The van der Waals surface area contributed by atoms with Gasteiger partial charge in [-0.2, -0.15) is 5.10 Å². The fourth-order valence-corrected chi connectivity index (χ4v) is 3.85. The summed E-state index contributed by atoms with van der Waals surface area (Å²) in [5.41, 5.74) is 2.16. The zero-order valence-electron chi connectivity index (χ0n) is 20.3. The molecule has 0 radical (unpaired) electrons. The zero-order chi connectivity index (χ0) is 25.3. The Morgan fingerprint density at radius 1 is 1.11 bits per heavy atom. The molecule has 0 unspecified atom stereocenters. The number of hydrogen-bond acceptors (Lipinski definition) is 5. The van der Waals surface area contributed by atoms with Crippen LogP contribution in [0.15, 0.2) is 47.4 Å². The van der Waals surface area contributed by atoms with Crippen LogP contribution in [-0.4, -0.2) is 32.8 Å². The van der Waals surface area contributed by atoms with Crippen LogP contribution in [0, 0.1) is 11.2 Å². The summed E-state index contributed by atoms with van der Waals surface area (Å²) in [5, 5.41) is 15.8. The maximum Gasteiger partial charge on any atom is 0.324 e. The number of pyridine rings is 2. The SMILES string of the molecule is CNc1cc2c(cn1)cc(-c1ccc(F)c(NC(=O)Nc3cc(CC(C)(C)C)[nH]n3)c1)c(=O)n2C. The minimum Gasteiger partial charge on any atom is -0.373 e. The molecule has 0 atom stereocenters. The van der Waals surface area contributed by atoms with E-state index in [1.54, 1.807) is 38.5 Å². The summed E-state index contributed by atoms with van der Waals surface area (Å²) in [5.74, 6) is 0.342. The summed E-state index contributed by atoms with van der Waals surface area (Å²) in [7, 11) is 3.42. The Morgan fingerprint density at radius 2 is 1.89 bits per heavy atom.